The first-order valence-electron chi connectivity index (χ1n) is 6.26. The van der Waals surface area contributed by atoms with Crippen molar-refractivity contribution in [3.8, 4) is 17.1 Å². The van der Waals surface area contributed by atoms with Crippen molar-refractivity contribution in [2.75, 3.05) is 7.11 Å². The number of nitrogens with zero attached hydrogens (tertiary/aromatic N) is 1. The van der Waals surface area contributed by atoms with E-state index in [2.05, 4.69) is 5.16 Å². The normalized spacial score (nSPS) is 15.2. The predicted molar refractivity (Wildman–Crippen MR) is 77.4 cm³/mol. The van der Waals surface area contributed by atoms with Gasteiger partial charge in [-0.05, 0) is 30.3 Å². The highest BCUT2D eigenvalue weighted by atomic mass is 32.5. The van der Waals surface area contributed by atoms with E-state index in [1.807, 2.05) is 0 Å². The molecule has 23 heavy (non-hydrogen) atoms. The van der Waals surface area contributed by atoms with E-state index in [1.54, 1.807) is 24.3 Å². The number of rotatable bonds is 3. The fraction of sp³-hybridized carbons (Fsp3) is 0.0714. The van der Waals surface area contributed by atoms with Gasteiger partial charge in [0.1, 0.15) is 16.2 Å². The summed E-state index contributed by atoms with van der Waals surface area (Å²) in [4.78, 5) is -2.00. The number of aromatic nitrogens is 1. The minimum absolute atomic E-state index is 0.174. The summed E-state index contributed by atoms with van der Waals surface area (Å²) in [5, 5.41) is 3.65. The van der Waals surface area contributed by atoms with Crippen LogP contribution in [0.5, 0.6) is 5.75 Å². The van der Waals surface area contributed by atoms with Crippen LogP contribution in [0.3, 0.4) is 0 Å². The van der Waals surface area contributed by atoms with Crippen molar-refractivity contribution < 1.29 is 28.7 Å². The maximum atomic E-state index is 12.8. The van der Waals surface area contributed by atoms with Crippen molar-refractivity contribution >= 4 is 21.1 Å². The Kier molecular flexibility index (Phi) is 2.82. The molecule has 3 nitrogen and oxygen atoms in total. The number of benzene rings is 2. The standard InChI is InChI=1S/C14H10F5NO2S/c1-21-10-4-2-3-9(7-10)14-12-6-5-11(8-13(12)20-22-14)23(15,16,17,18)19/h2-8H,1H3. The van der Waals surface area contributed by atoms with Crippen LogP contribution in [0.4, 0.5) is 19.4 Å². The summed E-state index contributed by atoms with van der Waals surface area (Å²) < 4.78 is 74.2. The fourth-order valence-electron chi connectivity index (χ4n) is 2.14. The van der Waals surface area contributed by atoms with Gasteiger partial charge in [0.05, 0.1) is 7.11 Å². The summed E-state index contributed by atoms with van der Waals surface area (Å²) in [5.74, 6) is 0.684. The molecule has 3 rings (SSSR count). The smallest absolute Gasteiger partial charge is 0.310 e. The highest BCUT2D eigenvalue weighted by Gasteiger charge is 2.65. The molecule has 0 unspecified atom stereocenters. The van der Waals surface area contributed by atoms with Crippen LogP contribution in [0.25, 0.3) is 22.2 Å². The second kappa shape index (κ2) is 4.16. The van der Waals surface area contributed by atoms with E-state index in [-0.39, 0.29) is 16.7 Å². The molecule has 0 N–H and O–H groups in total. The molecule has 0 radical (unpaired) electrons. The third-order valence-electron chi connectivity index (χ3n) is 3.23. The minimum Gasteiger partial charge on any atom is -0.497 e. The van der Waals surface area contributed by atoms with Crippen LogP contribution in [0.2, 0.25) is 0 Å². The van der Waals surface area contributed by atoms with Gasteiger partial charge in [-0.15, -0.1) is 0 Å². The Morgan fingerprint density at radius 3 is 2.39 bits per heavy atom. The Labute approximate surface area is 127 Å². The van der Waals surface area contributed by atoms with Crippen LogP contribution < -0.4 is 4.74 Å². The topological polar surface area (TPSA) is 35.3 Å². The van der Waals surface area contributed by atoms with Gasteiger partial charge in [-0.25, -0.2) is 0 Å². The first-order chi connectivity index (χ1) is 10.5. The quantitative estimate of drug-likeness (QED) is 0.530. The number of hydrogen-bond acceptors (Lipinski definition) is 3. The molecule has 1 heterocycles. The van der Waals surface area contributed by atoms with Crippen molar-refractivity contribution in [3.63, 3.8) is 0 Å². The molecular weight excluding hydrogens is 341 g/mol. The largest absolute Gasteiger partial charge is 0.497 e. The summed E-state index contributed by atoms with van der Waals surface area (Å²) in [6.45, 7) is 0. The summed E-state index contributed by atoms with van der Waals surface area (Å²) in [6, 6.07) is 8.13. The van der Waals surface area contributed by atoms with Crippen LogP contribution >= 0.6 is 10.2 Å². The van der Waals surface area contributed by atoms with Gasteiger partial charge in [0.25, 0.3) is 0 Å². The third-order valence-corrected chi connectivity index (χ3v) is 4.37. The zero-order valence-electron chi connectivity index (χ0n) is 11.6. The average molecular weight is 351 g/mol. The molecule has 0 aliphatic rings. The first kappa shape index (κ1) is 15.6. The second-order valence-electron chi connectivity index (χ2n) is 4.89. The van der Waals surface area contributed by atoms with Crippen LogP contribution in [0, 0.1) is 0 Å². The number of ether oxygens (including phenoxy) is 1. The van der Waals surface area contributed by atoms with E-state index in [0.29, 0.717) is 23.4 Å². The Morgan fingerprint density at radius 2 is 1.74 bits per heavy atom. The lowest BCUT2D eigenvalue weighted by molar-refractivity contribution is 0.364. The maximum Gasteiger partial charge on any atom is 0.310 e. The Bertz CT molecular complexity index is 905. The van der Waals surface area contributed by atoms with Crippen LogP contribution in [0.1, 0.15) is 0 Å². The van der Waals surface area contributed by atoms with E-state index in [0.717, 1.165) is 6.07 Å². The molecule has 0 aliphatic heterocycles. The number of methoxy groups -OCH3 is 1. The van der Waals surface area contributed by atoms with Crippen LogP contribution in [-0.2, 0) is 0 Å². The molecule has 124 valence electrons. The maximum absolute atomic E-state index is 12.8. The molecule has 0 aliphatic carbocycles. The van der Waals surface area contributed by atoms with Gasteiger partial charge in [0.2, 0.25) is 0 Å². The molecule has 3 aromatic rings. The van der Waals surface area contributed by atoms with Crippen molar-refractivity contribution in [2.45, 2.75) is 4.90 Å². The van der Waals surface area contributed by atoms with E-state index in [1.165, 1.54) is 7.11 Å². The minimum atomic E-state index is -9.75. The Morgan fingerprint density at radius 1 is 1.00 bits per heavy atom. The average Bonchev–Trinajstić information content (AvgIpc) is 2.88. The molecule has 0 atom stereocenters. The van der Waals surface area contributed by atoms with Crippen molar-refractivity contribution in [1.29, 1.82) is 0 Å². The lowest BCUT2D eigenvalue weighted by Gasteiger charge is -2.40. The second-order valence-corrected chi connectivity index (χ2v) is 7.30. The lowest BCUT2D eigenvalue weighted by atomic mass is 10.1. The van der Waals surface area contributed by atoms with Gasteiger partial charge >= 0.3 is 10.2 Å². The van der Waals surface area contributed by atoms with Crippen molar-refractivity contribution in [1.82, 2.24) is 5.16 Å². The molecule has 0 saturated carbocycles. The summed E-state index contributed by atoms with van der Waals surface area (Å²) >= 11 is 0. The SMILES string of the molecule is COc1cccc(-c2onc3cc(S(F)(F)(F)(F)F)ccc23)c1. The van der Waals surface area contributed by atoms with E-state index >= 15 is 0 Å². The van der Waals surface area contributed by atoms with Crippen molar-refractivity contribution in [3.05, 3.63) is 42.5 Å². The molecule has 0 fully saturated rings. The molecule has 9 heteroatoms. The molecule has 0 saturated heterocycles. The molecule has 0 amide bonds. The van der Waals surface area contributed by atoms with Crippen LogP contribution in [0.15, 0.2) is 51.9 Å². The monoisotopic (exact) mass is 351 g/mol. The molecule has 1 aromatic heterocycles. The predicted octanol–water partition coefficient (Wildman–Crippen LogP) is 6.16. The summed E-state index contributed by atoms with van der Waals surface area (Å²) in [6.07, 6.45) is 0. The van der Waals surface area contributed by atoms with Gasteiger partial charge in [-0.3, -0.25) is 0 Å². The van der Waals surface area contributed by atoms with Gasteiger partial charge < -0.3 is 9.26 Å². The summed E-state index contributed by atoms with van der Waals surface area (Å²) in [5.41, 5.74) is 0.209. The van der Waals surface area contributed by atoms with Gasteiger partial charge in [-0.2, -0.15) is 0 Å². The molecular formula is C14H10F5NO2S. The summed E-state index contributed by atoms with van der Waals surface area (Å²) in [7, 11) is -8.29. The highest BCUT2D eigenvalue weighted by Crippen LogP contribution is 3.02. The Balaban J connectivity index is 2.17. The lowest BCUT2D eigenvalue weighted by Crippen LogP contribution is -2.05. The van der Waals surface area contributed by atoms with E-state index in [9.17, 15) is 19.4 Å². The Hall–Kier alpha value is -2.29. The third kappa shape index (κ3) is 2.96. The first-order valence-corrected chi connectivity index (χ1v) is 8.21. The van der Waals surface area contributed by atoms with E-state index in [4.69, 9.17) is 9.26 Å². The number of fused-ring (bicyclic) bond motifs is 1. The zero-order valence-corrected chi connectivity index (χ0v) is 12.4. The molecule has 0 spiro atoms. The number of halogens is 5. The fourth-order valence-corrected chi connectivity index (χ4v) is 2.80. The van der Waals surface area contributed by atoms with E-state index < -0.39 is 15.1 Å². The van der Waals surface area contributed by atoms with Crippen molar-refractivity contribution in [2.24, 2.45) is 0 Å². The van der Waals surface area contributed by atoms with Crippen LogP contribution in [-0.4, -0.2) is 12.3 Å². The number of hydrogen-bond donors (Lipinski definition) is 0. The molecule has 0 bridgehead atoms. The van der Waals surface area contributed by atoms with Gasteiger partial charge in [-0.1, -0.05) is 36.7 Å². The molecule has 2 aromatic carbocycles. The highest BCUT2D eigenvalue weighted by molar-refractivity contribution is 8.45. The van der Waals surface area contributed by atoms with Gasteiger partial charge in [0, 0.05) is 10.9 Å². The zero-order chi connectivity index (χ0) is 16.9. The van der Waals surface area contributed by atoms with Gasteiger partial charge in [0.15, 0.2) is 5.76 Å².